The second-order valence-electron chi connectivity index (χ2n) is 20.5. The van der Waals surface area contributed by atoms with Crippen LogP contribution in [0, 0.1) is 0 Å². The van der Waals surface area contributed by atoms with E-state index in [0.29, 0.717) is 19.3 Å². The Hall–Kier alpha value is -2.54. The van der Waals surface area contributed by atoms with Crippen LogP contribution in [0.1, 0.15) is 219 Å². The van der Waals surface area contributed by atoms with Gasteiger partial charge in [-0.05, 0) is 70.6 Å². The van der Waals surface area contributed by atoms with Crippen LogP contribution in [0.4, 0.5) is 0 Å². The highest BCUT2D eigenvalue weighted by Gasteiger charge is 2.47. The summed E-state index contributed by atoms with van der Waals surface area (Å²) in [6, 6.07) is 0. The molecule has 0 aliphatic carbocycles. The second-order valence-corrected chi connectivity index (χ2v) is 20.5. The Morgan fingerprint density at radius 3 is 1.36 bits per heavy atom. The van der Waals surface area contributed by atoms with Crippen LogP contribution in [0.2, 0.25) is 0 Å². The second kappa shape index (κ2) is 45.5. The third-order valence-corrected chi connectivity index (χ3v) is 13.8. The van der Waals surface area contributed by atoms with Crippen molar-refractivity contribution in [3.63, 3.8) is 0 Å². The Morgan fingerprint density at radius 2 is 0.838 bits per heavy atom. The van der Waals surface area contributed by atoms with E-state index >= 15 is 0 Å². The smallest absolute Gasteiger partial charge is 0.306 e. The molecule has 0 amide bonds. The van der Waals surface area contributed by atoms with Crippen molar-refractivity contribution in [3.8, 4) is 0 Å². The summed E-state index contributed by atoms with van der Waals surface area (Å²) in [6.45, 7) is 2.54. The van der Waals surface area contributed by atoms with Gasteiger partial charge in [0.2, 0.25) is 0 Å². The molecular weight excluding hydrogens is 949 g/mol. The van der Waals surface area contributed by atoms with Crippen LogP contribution < -0.4 is 0 Å². The molecule has 0 aromatic heterocycles. The Kier molecular flexibility index (Phi) is 41.5. The van der Waals surface area contributed by atoms with E-state index in [9.17, 15) is 45.3 Å². The van der Waals surface area contributed by atoms with E-state index in [0.717, 1.165) is 57.8 Å². The fourth-order valence-corrected chi connectivity index (χ4v) is 8.99. The van der Waals surface area contributed by atoms with E-state index in [1.54, 1.807) is 0 Å². The maximum atomic E-state index is 13.0. The number of aliphatic hydroxyl groups is 7. The summed E-state index contributed by atoms with van der Waals surface area (Å²) in [6.07, 6.45) is 35.8. The zero-order valence-electron chi connectivity index (χ0n) is 45.8. The quantitative estimate of drug-likeness (QED) is 0.0130. The first-order valence-corrected chi connectivity index (χ1v) is 29.2. The van der Waals surface area contributed by atoms with Crippen LogP contribution in [-0.2, 0) is 38.0 Å². The molecule has 0 spiro atoms. The lowest BCUT2D eigenvalue weighted by Gasteiger charge is -2.42. The van der Waals surface area contributed by atoms with Gasteiger partial charge in [-0.25, -0.2) is 0 Å². The molecule has 7 N–H and O–H groups in total. The molecule has 15 nitrogen and oxygen atoms in total. The van der Waals surface area contributed by atoms with Crippen LogP contribution >= 0.6 is 0 Å². The molecule has 2 saturated heterocycles. The molecule has 2 rings (SSSR count). The maximum absolute atomic E-state index is 13.0. The fourth-order valence-electron chi connectivity index (χ4n) is 8.99. The Morgan fingerprint density at radius 1 is 0.432 bits per heavy atom. The maximum Gasteiger partial charge on any atom is 0.306 e. The molecular formula is C59H104O15. The van der Waals surface area contributed by atoms with Gasteiger partial charge in [-0.2, -0.15) is 0 Å². The van der Waals surface area contributed by atoms with E-state index in [2.05, 4.69) is 62.5 Å². The highest BCUT2D eigenvalue weighted by Crippen LogP contribution is 2.27. The fraction of sp³-hybridized carbons (Fsp3) is 0.831. The average Bonchev–Trinajstić information content (AvgIpc) is 3.39. The van der Waals surface area contributed by atoms with Crippen LogP contribution in [-0.4, -0.2) is 142 Å². The minimum absolute atomic E-state index is 0.139. The third-order valence-electron chi connectivity index (χ3n) is 13.8. The predicted molar refractivity (Wildman–Crippen MR) is 289 cm³/mol. The lowest BCUT2D eigenvalue weighted by atomic mass is 9.98. The number of hydrogen-bond donors (Lipinski definition) is 7. The SMILES string of the molecule is CCCCCC/C=C/C=C/CCCCCCCC(=O)O[C@@H](COC(=O)CCC/C=C/CC/C=C/CCCCCCCCCCCCCCCC)CO[C@@H]1O[C@H](CO[C@@H]2O[C@H](CO)[C@H](O)C(O)C2O)[C@H](O)C(O)C1O. The van der Waals surface area contributed by atoms with E-state index in [-0.39, 0.29) is 19.4 Å². The summed E-state index contributed by atoms with van der Waals surface area (Å²) in [7, 11) is 0. The number of esters is 2. The summed E-state index contributed by atoms with van der Waals surface area (Å²) in [5, 5.41) is 72.2. The van der Waals surface area contributed by atoms with Gasteiger partial charge in [0.1, 0.15) is 55.4 Å². The number of carbonyl (C=O) groups excluding carboxylic acids is 2. The number of ether oxygens (including phenoxy) is 6. The Labute approximate surface area is 446 Å². The molecule has 15 heteroatoms. The monoisotopic (exact) mass is 1050 g/mol. The van der Waals surface area contributed by atoms with E-state index in [4.69, 9.17) is 28.4 Å². The number of allylic oxidation sites excluding steroid dienone is 8. The summed E-state index contributed by atoms with van der Waals surface area (Å²) in [5.41, 5.74) is 0. The van der Waals surface area contributed by atoms with Gasteiger partial charge in [0.25, 0.3) is 0 Å². The van der Waals surface area contributed by atoms with E-state index in [1.807, 2.05) is 0 Å². The van der Waals surface area contributed by atoms with Crippen molar-refractivity contribution in [1.82, 2.24) is 0 Å². The van der Waals surface area contributed by atoms with Crippen LogP contribution in [0.25, 0.3) is 0 Å². The highest BCUT2D eigenvalue weighted by molar-refractivity contribution is 5.70. The summed E-state index contributed by atoms with van der Waals surface area (Å²) in [4.78, 5) is 25.8. The topological polar surface area (TPSA) is 231 Å². The Bertz CT molecular complexity index is 1470. The highest BCUT2D eigenvalue weighted by atomic mass is 16.7. The first-order chi connectivity index (χ1) is 36.0. The zero-order valence-corrected chi connectivity index (χ0v) is 45.8. The van der Waals surface area contributed by atoms with Gasteiger partial charge in [0.15, 0.2) is 18.7 Å². The molecule has 0 bridgehead atoms. The summed E-state index contributed by atoms with van der Waals surface area (Å²) in [5.74, 6) is -0.989. The van der Waals surface area contributed by atoms with Gasteiger partial charge < -0.3 is 64.2 Å². The van der Waals surface area contributed by atoms with Crippen LogP contribution in [0.5, 0.6) is 0 Å². The van der Waals surface area contributed by atoms with Crippen molar-refractivity contribution in [2.45, 2.75) is 287 Å². The summed E-state index contributed by atoms with van der Waals surface area (Å²) < 4.78 is 33.6. The van der Waals surface area contributed by atoms with Crippen molar-refractivity contribution in [2.24, 2.45) is 0 Å². The van der Waals surface area contributed by atoms with Gasteiger partial charge in [-0.3, -0.25) is 9.59 Å². The first-order valence-electron chi connectivity index (χ1n) is 29.2. The molecule has 0 aromatic carbocycles. The van der Waals surface area contributed by atoms with Gasteiger partial charge in [-0.1, -0.05) is 184 Å². The van der Waals surface area contributed by atoms with Crippen molar-refractivity contribution in [1.29, 1.82) is 0 Å². The number of aliphatic hydroxyl groups excluding tert-OH is 7. The number of carbonyl (C=O) groups is 2. The molecule has 2 heterocycles. The van der Waals surface area contributed by atoms with Crippen LogP contribution in [0.3, 0.4) is 0 Å². The first kappa shape index (κ1) is 67.6. The molecule has 430 valence electrons. The van der Waals surface area contributed by atoms with E-state index in [1.165, 1.54) is 116 Å². The van der Waals surface area contributed by atoms with Crippen molar-refractivity contribution in [2.75, 3.05) is 26.4 Å². The van der Waals surface area contributed by atoms with Gasteiger partial charge in [-0.15, -0.1) is 0 Å². The lowest BCUT2D eigenvalue weighted by molar-refractivity contribution is -0.332. The van der Waals surface area contributed by atoms with Gasteiger partial charge >= 0.3 is 11.9 Å². The normalized spacial score (nSPS) is 25.0. The minimum Gasteiger partial charge on any atom is -0.462 e. The third kappa shape index (κ3) is 32.3. The number of rotatable bonds is 46. The molecule has 2 fully saturated rings. The largest absolute Gasteiger partial charge is 0.462 e. The molecule has 0 aromatic rings. The molecule has 2 aliphatic rings. The molecule has 0 radical (unpaired) electrons. The predicted octanol–water partition coefficient (Wildman–Crippen LogP) is 9.83. The zero-order chi connectivity index (χ0) is 53.9. The van der Waals surface area contributed by atoms with Crippen molar-refractivity contribution in [3.05, 3.63) is 48.6 Å². The molecule has 2 aliphatic heterocycles. The molecule has 0 saturated carbocycles. The summed E-state index contributed by atoms with van der Waals surface area (Å²) >= 11 is 0. The number of hydrogen-bond acceptors (Lipinski definition) is 15. The van der Waals surface area contributed by atoms with Crippen LogP contribution in [0.15, 0.2) is 48.6 Å². The van der Waals surface area contributed by atoms with Crippen molar-refractivity contribution < 1.29 is 73.8 Å². The average molecular weight is 1050 g/mol. The lowest BCUT2D eigenvalue weighted by Crippen LogP contribution is -2.61. The molecule has 4 unspecified atom stereocenters. The molecule has 11 atom stereocenters. The Balaban J connectivity index is 1.76. The standard InChI is InChI=1S/C59H104O15/c1-3-5-7-9-11-13-15-17-19-20-21-22-23-24-25-26-28-29-31-33-35-37-39-41-50(61)69-44-47(72-51(62)42-40-38-36-34-32-30-27-18-16-14-12-10-8-6-4-2)45-70-58-57(68)55(66)53(64)49(74-58)46-71-59-56(67)54(65)52(63)48(43-60)73-59/h14,16,18,26-28,33,35,47-49,52-60,63-68H,3-13,15,17,19-25,29-32,34,36-46H2,1-2H3/b16-14+,27-18+,28-26+,35-33+/t47-,48+,49+,52-,53-,54?,55?,56?,57?,58+,59+/m0/s1. The van der Waals surface area contributed by atoms with E-state index < -0.39 is 99.3 Å². The molecule has 74 heavy (non-hydrogen) atoms. The number of unbranched alkanes of at least 4 members (excludes halogenated alkanes) is 25. The van der Waals surface area contributed by atoms with Crippen molar-refractivity contribution >= 4 is 11.9 Å². The van der Waals surface area contributed by atoms with Gasteiger partial charge in [0, 0.05) is 12.8 Å². The minimum atomic E-state index is -1.77. The van der Waals surface area contributed by atoms with Gasteiger partial charge in [0.05, 0.1) is 19.8 Å².